The van der Waals surface area contributed by atoms with Crippen molar-refractivity contribution in [2.75, 3.05) is 63.9 Å². The number of morpholine rings is 1. The fourth-order valence-electron chi connectivity index (χ4n) is 4.36. The topological polar surface area (TPSA) is 48.1 Å². The van der Waals surface area contributed by atoms with Crippen molar-refractivity contribution in [1.82, 2.24) is 15.1 Å². The van der Waals surface area contributed by atoms with Crippen molar-refractivity contribution in [1.29, 1.82) is 0 Å². The molecule has 4 rings (SSSR count). The van der Waals surface area contributed by atoms with Crippen molar-refractivity contribution >= 4 is 11.6 Å². The molecular weight excluding hydrogens is 388 g/mol. The molecule has 2 aromatic carbocycles. The lowest BCUT2D eigenvalue weighted by Gasteiger charge is -2.39. The van der Waals surface area contributed by atoms with E-state index in [1.807, 2.05) is 18.2 Å². The minimum absolute atomic E-state index is 0.0126. The van der Waals surface area contributed by atoms with Crippen LogP contribution in [-0.4, -0.2) is 80.8 Å². The summed E-state index contributed by atoms with van der Waals surface area (Å²) in [6.45, 7) is 11.3. The summed E-state index contributed by atoms with van der Waals surface area (Å²) in [5.74, 6) is 0.0126. The molecule has 0 spiro atoms. The monoisotopic (exact) mass is 422 g/mol. The molecule has 1 unspecified atom stereocenters. The Kier molecular flexibility index (Phi) is 7.57. The minimum Gasteiger partial charge on any atom is -0.379 e. The number of piperazine rings is 1. The third-order valence-corrected chi connectivity index (χ3v) is 6.32. The summed E-state index contributed by atoms with van der Waals surface area (Å²) < 4.78 is 5.42. The first kappa shape index (κ1) is 21.8. The minimum atomic E-state index is 0.0126. The van der Waals surface area contributed by atoms with Gasteiger partial charge in [0.15, 0.2) is 0 Å². The Morgan fingerprint density at radius 1 is 0.968 bits per heavy atom. The number of nitrogens with zero attached hydrogens (tertiary/aromatic N) is 3. The Balaban J connectivity index is 1.23. The quantitative estimate of drug-likeness (QED) is 0.743. The third kappa shape index (κ3) is 6.06. The van der Waals surface area contributed by atoms with Crippen molar-refractivity contribution in [2.24, 2.45) is 0 Å². The summed E-state index contributed by atoms with van der Waals surface area (Å²) >= 11 is 0. The predicted octanol–water partition coefficient (Wildman–Crippen LogP) is 2.46. The van der Waals surface area contributed by atoms with Gasteiger partial charge < -0.3 is 15.0 Å². The van der Waals surface area contributed by atoms with E-state index in [1.54, 1.807) is 0 Å². The molecule has 0 radical (unpaired) electrons. The highest BCUT2D eigenvalue weighted by molar-refractivity contribution is 5.94. The Bertz CT molecular complexity index is 830. The van der Waals surface area contributed by atoms with Gasteiger partial charge >= 0.3 is 0 Å². The van der Waals surface area contributed by atoms with E-state index in [0.717, 1.165) is 64.6 Å². The van der Waals surface area contributed by atoms with Crippen LogP contribution in [0, 0.1) is 0 Å². The summed E-state index contributed by atoms with van der Waals surface area (Å²) in [5, 5.41) is 3.14. The molecule has 2 saturated heterocycles. The van der Waals surface area contributed by atoms with Gasteiger partial charge in [0.05, 0.1) is 13.2 Å². The number of amides is 1. The highest BCUT2D eigenvalue weighted by atomic mass is 16.5. The smallest absolute Gasteiger partial charge is 0.251 e. The molecule has 1 amide bonds. The first-order valence-corrected chi connectivity index (χ1v) is 11.4. The maximum absolute atomic E-state index is 12.7. The van der Waals surface area contributed by atoms with Gasteiger partial charge in [0.1, 0.15) is 0 Å². The summed E-state index contributed by atoms with van der Waals surface area (Å²) in [4.78, 5) is 20.0. The zero-order valence-electron chi connectivity index (χ0n) is 18.5. The Morgan fingerprint density at radius 2 is 1.71 bits per heavy atom. The largest absolute Gasteiger partial charge is 0.379 e. The van der Waals surface area contributed by atoms with E-state index < -0.39 is 0 Å². The molecule has 2 heterocycles. The molecule has 0 aliphatic carbocycles. The average molecular weight is 423 g/mol. The van der Waals surface area contributed by atoms with Crippen molar-refractivity contribution in [3.05, 3.63) is 65.7 Å². The lowest BCUT2D eigenvalue weighted by atomic mass is 10.1. The van der Waals surface area contributed by atoms with Gasteiger partial charge in [-0.2, -0.15) is 0 Å². The van der Waals surface area contributed by atoms with E-state index in [-0.39, 0.29) is 5.91 Å². The molecule has 0 bridgehead atoms. The van der Waals surface area contributed by atoms with Crippen LogP contribution in [0.2, 0.25) is 0 Å². The second-order valence-corrected chi connectivity index (χ2v) is 8.51. The van der Waals surface area contributed by atoms with Gasteiger partial charge in [-0.25, -0.2) is 0 Å². The van der Waals surface area contributed by atoms with E-state index >= 15 is 0 Å². The molecule has 6 nitrogen and oxygen atoms in total. The number of carbonyl (C=O) groups excluding carboxylic acids is 1. The lowest BCUT2D eigenvalue weighted by molar-refractivity contribution is 0.0342. The van der Waals surface area contributed by atoms with Crippen molar-refractivity contribution in [3.8, 4) is 0 Å². The number of hydrogen-bond acceptors (Lipinski definition) is 5. The molecule has 2 aliphatic heterocycles. The molecule has 0 aromatic heterocycles. The van der Waals surface area contributed by atoms with E-state index in [9.17, 15) is 4.79 Å². The van der Waals surface area contributed by atoms with Crippen LogP contribution < -0.4 is 10.2 Å². The highest BCUT2D eigenvalue weighted by Crippen LogP contribution is 2.16. The number of hydrogen-bond donors (Lipinski definition) is 1. The number of anilines is 1. The first-order chi connectivity index (χ1) is 15.2. The molecule has 2 aromatic rings. The molecule has 1 atom stereocenters. The van der Waals surface area contributed by atoms with Gasteiger partial charge in [-0.05, 0) is 36.8 Å². The van der Waals surface area contributed by atoms with Crippen molar-refractivity contribution < 1.29 is 9.53 Å². The number of benzene rings is 2. The fourth-order valence-corrected chi connectivity index (χ4v) is 4.36. The molecule has 2 fully saturated rings. The molecular formula is C25H34N4O2. The van der Waals surface area contributed by atoms with Crippen LogP contribution in [0.4, 0.5) is 5.69 Å². The number of nitrogens with one attached hydrogen (secondary N) is 1. The molecule has 2 aliphatic rings. The Hall–Kier alpha value is -2.41. The molecule has 1 N–H and O–H groups in total. The van der Waals surface area contributed by atoms with Crippen LogP contribution >= 0.6 is 0 Å². The van der Waals surface area contributed by atoms with Crippen LogP contribution in [0.25, 0.3) is 0 Å². The van der Waals surface area contributed by atoms with Gasteiger partial charge in [-0.1, -0.05) is 30.3 Å². The van der Waals surface area contributed by atoms with Gasteiger partial charge in [0, 0.05) is 69.7 Å². The van der Waals surface area contributed by atoms with Crippen molar-refractivity contribution in [3.63, 3.8) is 0 Å². The first-order valence-electron chi connectivity index (χ1n) is 11.4. The Labute approximate surface area is 185 Å². The second-order valence-electron chi connectivity index (χ2n) is 8.51. The van der Waals surface area contributed by atoms with Crippen molar-refractivity contribution in [2.45, 2.75) is 19.5 Å². The summed E-state index contributed by atoms with van der Waals surface area (Å²) in [6.07, 6.45) is 0. The molecule has 166 valence electrons. The van der Waals surface area contributed by atoms with E-state index in [2.05, 4.69) is 63.3 Å². The SMILES string of the molecule is CC(CNC(=O)c1cccc(CN2CCOCC2)c1)N1CCN(c2ccccc2)CC1. The molecule has 6 heteroatoms. The summed E-state index contributed by atoms with van der Waals surface area (Å²) in [6, 6.07) is 18.9. The lowest BCUT2D eigenvalue weighted by Crippen LogP contribution is -2.52. The van der Waals surface area contributed by atoms with Crippen LogP contribution in [0.3, 0.4) is 0 Å². The van der Waals surface area contributed by atoms with Gasteiger partial charge in [0.2, 0.25) is 0 Å². The highest BCUT2D eigenvalue weighted by Gasteiger charge is 2.22. The second kappa shape index (κ2) is 10.8. The van der Waals surface area contributed by atoms with Crippen LogP contribution in [0.5, 0.6) is 0 Å². The maximum Gasteiger partial charge on any atom is 0.251 e. The third-order valence-electron chi connectivity index (χ3n) is 6.32. The van der Waals surface area contributed by atoms with Gasteiger partial charge in [-0.15, -0.1) is 0 Å². The number of rotatable bonds is 7. The maximum atomic E-state index is 12.7. The van der Waals surface area contributed by atoms with Crippen LogP contribution in [0.1, 0.15) is 22.8 Å². The Morgan fingerprint density at radius 3 is 2.45 bits per heavy atom. The van der Waals surface area contributed by atoms with E-state index in [0.29, 0.717) is 12.6 Å². The number of para-hydroxylation sites is 1. The summed E-state index contributed by atoms with van der Waals surface area (Å²) in [7, 11) is 0. The van der Waals surface area contributed by atoms with E-state index in [4.69, 9.17) is 4.74 Å². The summed E-state index contributed by atoms with van der Waals surface area (Å²) in [5.41, 5.74) is 3.21. The number of carbonyl (C=O) groups is 1. The van der Waals surface area contributed by atoms with Crippen LogP contribution in [0.15, 0.2) is 54.6 Å². The molecule has 0 saturated carbocycles. The fraction of sp³-hybridized carbons (Fsp3) is 0.480. The zero-order chi connectivity index (χ0) is 21.5. The predicted molar refractivity (Wildman–Crippen MR) is 125 cm³/mol. The zero-order valence-corrected chi connectivity index (χ0v) is 18.5. The van der Waals surface area contributed by atoms with E-state index in [1.165, 1.54) is 11.3 Å². The van der Waals surface area contributed by atoms with Crippen LogP contribution in [-0.2, 0) is 11.3 Å². The van der Waals surface area contributed by atoms with Gasteiger partial charge in [0.25, 0.3) is 5.91 Å². The number of ether oxygens (including phenoxy) is 1. The standard InChI is InChI=1S/C25H34N4O2/c1-21(28-10-12-29(13-11-28)24-8-3-2-4-9-24)19-26-25(30)23-7-5-6-22(18-23)20-27-14-16-31-17-15-27/h2-9,18,21H,10-17,19-20H2,1H3,(H,26,30). The average Bonchev–Trinajstić information content (AvgIpc) is 2.84. The molecule has 31 heavy (non-hydrogen) atoms. The normalized spacial score (nSPS) is 19.2. The van der Waals surface area contributed by atoms with Gasteiger partial charge in [-0.3, -0.25) is 14.6 Å².